The summed E-state index contributed by atoms with van der Waals surface area (Å²) in [6.07, 6.45) is 0. The lowest BCUT2D eigenvalue weighted by Crippen LogP contribution is -2.56. The van der Waals surface area contributed by atoms with Crippen molar-refractivity contribution in [2.45, 2.75) is 24.8 Å². The standard InChI is InChI=1S/C16H24N4O4S/c1-12-4-6-14(7-5-12)25(23,24)20-10-8-19(9-11-20)13(2)15(21)18-16(22)17-3/h4-7,13H,8-11H2,1-3H3,(H2,17,18,21,22)/t13-/m1/s1. The fraction of sp³-hybridized carbons (Fsp3) is 0.500. The van der Waals surface area contributed by atoms with Crippen molar-refractivity contribution in [2.24, 2.45) is 0 Å². The quantitative estimate of drug-likeness (QED) is 0.788. The highest BCUT2D eigenvalue weighted by Crippen LogP contribution is 2.19. The number of amides is 3. The van der Waals surface area contributed by atoms with Crippen LogP contribution in [0.1, 0.15) is 12.5 Å². The molecule has 9 heteroatoms. The van der Waals surface area contributed by atoms with Gasteiger partial charge in [-0.25, -0.2) is 13.2 Å². The number of piperazine rings is 1. The zero-order valence-corrected chi connectivity index (χ0v) is 15.5. The van der Waals surface area contributed by atoms with Gasteiger partial charge in [0.2, 0.25) is 15.9 Å². The van der Waals surface area contributed by atoms with Crippen molar-refractivity contribution in [1.29, 1.82) is 0 Å². The van der Waals surface area contributed by atoms with Gasteiger partial charge in [0.15, 0.2) is 0 Å². The van der Waals surface area contributed by atoms with Gasteiger partial charge < -0.3 is 5.32 Å². The molecule has 1 fully saturated rings. The van der Waals surface area contributed by atoms with Crippen LogP contribution in [0.15, 0.2) is 29.2 Å². The second-order valence-corrected chi connectivity index (χ2v) is 7.94. The fourth-order valence-corrected chi connectivity index (χ4v) is 4.06. The van der Waals surface area contributed by atoms with E-state index >= 15 is 0 Å². The van der Waals surface area contributed by atoms with Crippen LogP contribution in [0.5, 0.6) is 0 Å². The first-order chi connectivity index (χ1) is 11.8. The van der Waals surface area contributed by atoms with E-state index in [2.05, 4.69) is 10.6 Å². The van der Waals surface area contributed by atoms with Crippen LogP contribution in [0.4, 0.5) is 4.79 Å². The molecule has 0 aliphatic carbocycles. The molecule has 0 saturated carbocycles. The minimum atomic E-state index is -3.53. The Balaban J connectivity index is 1.98. The molecule has 0 unspecified atom stereocenters. The van der Waals surface area contributed by atoms with Crippen molar-refractivity contribution in [3.63, 3.8) is 0 Å². The molecule has 1 saturated heterocycles. The molecule has 1 heterocycles. The van der Waals surface area contributed by atoms with Crippen LogP contribution in [-0.4, -0.2) is 68.8 Å². The van der Waals surface area contributed by atoms with Crippen molar-refractivity contribution in [3.8, 4) is 0 Å². The van der Waals surface area contributed by atoms with E-state index < -0.39 is 28.0 Å². The summed E-state index contributed by atoms with van der Waals surface area (Å²) in [5.41, 5.74) is 1.000. The van der Waals surface area contributed by atoms with E-state index in [1.165, 1.54) is 11.4 Å². The molecule has 0 bridgehead atoms. The number of hydrogen-bond acceptors (Lipinski definition) is 5. The summed E-state index contributed by atoms with van der Waals surface area (Å²) in [6, 6.07) is 5.69. The highest BCUT2D eigenvalue weighted by atomic mass is 32.2. The Hall–Kier alpha value is -1.97. The number of carbonyl (C=O) groups excluding carboxylic acids is 2. The summed E-state index contributed by atoms with van der Waals surface area (Å²) >= 11 is 0. The monoisotopic (exact) mass is 368 g/mol. The number of aryl methyl sites for hydroxylation is 1. The molecule has 0 spiro atoms. The van der Waals surface area contributed by atoms with Crippen molar-refractivity contribution < 1.29 is 18.0 Å². The summed E-state index contributed by atoms with van der Waals surface area (Å²) in [5.74, 6) is -0.408. The minimum Gasteiger partial charge on any atom is -0.341 e. The van der Waals surface area contributed by atoms with E-state index in [1.807, 2.05) is 11.8 Å². The predicted molar refractivity (Wildman–Crippen MR) is 93.6 cm³/mol. The van der Waals surface area contributed by atoms with E-state index in [1.54, 1.807) is 31.2 Å². The van der Waals surface area contributed by atoms with Crippen LogP contribution in [0.25, 0.3) is 0 Å². The molecule has 2 rings (SSSR count). The van der Waals surface area contributed by atoms with Gasteiger partial charge in [-0.05, 0) is 26.0 Å². The lowest BCUT2D eigenvalue weighted by Gasteiger charge is -2.36. The van der Waals surface area contributed by atoms with Crippen molar-refractivity contribution in [2.75, 3.05) is 33.2 Å². The normalized spacial score (nSPS) is 17.7. The second kappa shape index (κ2) is 7.94. The minimum absolute atomic E-state index is 0.275. The van der Waals surface area contributed by atoms with Crippen LogP contribution in [0, 0.1) is 6.92 Å². The van der Waals surface area contributed by atoms with Gasteiger partial charge in [0.25, 0.3) is 0 Å². The number of urea groups is 1. The smallest absolute Gasteiger partial charge is 0.321 e. The van der Waals surface area contributed by atoms with Gasteiger partial charge in [0.1, 0.15) is 0 Å². The third-order valence-electron chi connectivity index (χ3n) is 4.32. The van der Waals surface area contributed by atoms with Gasteiger partial charge in [-0.3, -0.25) is 15.0 Å². The largest absolute Gasteiger partial charge is 0.341 e. The van der Waals surface area contributed by atoms with Crippen LogP contribution in [-0.2, 0) is 14.8 Å². The molecule has 0 radical (unpaired) electrons. The van der Waals surface area contributed by atoms with Crippen molar-refractivity contribution >= 4 is 22.0 Å². The molecule has 8 nitrogen and oxygen atoms in total. The predicted octanol–water partition coefficient (Wildman–Crippen LogP) is 0.145. The molecule has 1 aliphatic rings. The van der Waals surface area contributed by atoms with E-state index in [9.17, 15) is 18.0 Å². The maximum absolute atomic E-state index is 12.7. The van der Waals surface area contributed by atoms with Crippen LogP contribution in [0.2, 0.25) is 0 Å². The molecule has 1 aliphatic heterocycles. The first-order valence-electron chi connectivity index (χ1n) is 8.09. The molecular formula is C16H24N4O4S. The molecule has 3 amide bonds. The van der Waals surface area contributed by atoms with E-state index in [0.717, 1.165) is 5.56 Å². The first-order valence-corrected chi connectivity index (χ1v) is 9.53. The number of sulfonamides is 1. The van der Waals surface area contributed by atoms with Gasteiger partial charge in [0.05, 0.1) is 10.9 Å². The van der Waals surface area contributed by atoms with Crippen molar-refractivity contribution in [3.05, 3.63) is 29.8 Å². The summed E-state index contributed by atoms with van der Waals surface area (Å²) in [4.78, 5) is 25.4. The number of imide groups is 1. The first kappa shape index (κ1) is 19.4. The lowest BCUT2D eigenvalue weighted by molar-refractivity contribution is -0.125. The number of carbonyl (C=O) groups is 2. The molecule has 1 aromatic rings. The topological polar surface area (TPSA) is 98.8 Å². The van der Waals surface area contributed by atoms with E-state index in [-0.39, 0.29) is 4.90 Å². The summed E-state index contributed by atoms with van der Waals surface area (Å²) < 4.78 is 26.8. The molecule has 138 valence electrons. The maximum Gasteiger partial charge on any atom is 0.321 e. The van der Waals surface area contributed by atoms with Crippen LogP contribution >= 0.6 is 0 Å². The number of nitrogens with one attached hydrogen (secondary N) is 2. The van der Waals surface area contributed by atoms with Gasteiger partial charge in [-0.2, -0.15) is 4.31 Å². The molecule has 0 aromatic heterocycles. The molecular weight excluding hydrogens is 344 g/mol. The van der Waals surface area contributed by atoms with Gasteiger partial charge >= 0.3 is 6.03 Å². The van der Waals surface area contributed by atoms with Crippen LogP contribution < -0.4 is 10.6 Å². The zero-order chi connectivity index (χ0) is 18.6. The third kappa shape index (κ3) is 4.56. The Kier molecular flexibility index (Phi) is 6.15. The van der Waals surface area contributed by atoms with Gasteiger partial charge in [-0.15, -0.1) is 0 Å². The number of hydrogen-bond donors (Lipinski definition) is 2. The Labute approximate surface area is 148 Å². The number of nitrogens with zero attached hydrogens (tertiary/aromatic N) is 2. The Bertz CT molecular complexity index is 725. The van der Waals surface area contributed by atoms with E-state index in [0.29, 0.717) is 26.2 Å². The zero-order valence-electron chi connectivity index (χ0n) is 14.7. The summed E-state index contributed by atoms with van der Waals surface area (Å²) in [5, 5.41) is 4.56. The molecule has 25 heavy (non-hydrogen) atoms. The van der Waals surface area contributed by atoms with E-state index in [4.69, 9.17) is 0 Å². The highest BCUT2D eigenvalue weighted by Gasteiger charge is 2.32. The number of benzene rings is 1. The third-order valence-corrected chi connectivity index (χ3v) is 6.24. The lowest BCUT2D eigenvalue weighted by atomic mass is 10.2. The Morgan fingerprint density at radius 3 is 2.16 bits per heavy atom. The Morgan fingerprint density at radius 2 is 1.64 bits per heavy atom. The Morgan fingerprint density at radius 1 is 1.08 bits per heavy atom. The summed E-state index contributed by atoms with van der Waals surface area (Å²) in [7, 11) is -2.10. The number of rotatable bonds is 4. The molecule has 1 aromatic carbocycles. The van der Waals surface area contributed by atoms with Crippen LogP contribution in [0.3, 0.4) is 0 Å². The summed E-state index contributed by atoms with van der Waals surface area (Å²) in [6.45, 7) is 5.05. The average molecular weight is 368 g/mol. The maximum atomic E-state index is 12.7. The SMILES string of the molecule is CNC(=O)NC(=O)[C@@H](C)N1CCN(S(=O)(=O)c2ccc(C)cc2)CC1. The van der Waals surface area contributed by atoms with Gasteiger partial charge in [0, 0.05) is 33.2 Å². The average Bonchev–Trinajstić information content (AvgIpc) is 2.61. The molecule has 1 atom stereocenters. The van der Waals surface area contributed by atoms with Gasteiger partial charge in [-0.1, -0.05) is 17.7 Å². The van der Waals surface area contributed by atoms with Crippen molar-refractivity contribution in [1.82, 2.24) is 19.8 Å². The fourth-order valence-electron chi connectivity index (χ4n) is 2.64. The second-order valence-electron chi connectivity index (χ2n) is 6.00. The molecule has 2 N–H and O–H groups in total. The highest BCUT2D eigenvalue weighted by molar-refractivity contribution is 7.89.